The number of hydrogen-bond acceptors (Lipinski definition) is 3. The molecule has 1 heterocycles. The lowest BCUT2D eigenvalue weighted by molar-refractivity contribution is -0.121. The molecule has 0 spiro atoms. The lowest BCUT2D eigenvalue weighted by atomic mass is 10.2. The number of carbonyl (C=O) groups excluding carboxylic acids is 1. The smallest absolute Gasteiger partial charge is 0.220 e. The van der Waals surface area contributed by atoms with Gasteiger partial charge in [0.25, 0.3) is 0 Å². The van der Waals surface area contributed by atoms with Crippen molar-refractivity contribution in [2.45, 2.75) is 39.2 Å². The fourth-order valence-electron chi connectivity index (χ4n) is 1.36. The summed E-state index contributed by atoms with van der Waals surface area (Å²) in [4.78, 5) is 13.5. The van der Waals surface area contributed by atoms with Crippen molar-refractivity contribution >= 4 is 17.2 Å². The van der Waals surface area contributed by atoms with Crippen LogP contribution in [0.1, 0.15) is 42.4 Å². The SMILES string of the molecule is CCCCC(=O)NCc1ccc(C#CCCO)s1. The molecule has 1 rings (SSSR count). The third-order valence-corrected chi connectivity index (χ3v) is 3.33. The largest absolute Gasteiger partial charge is 0.395 e. The van der Waals surface area contributed by atoms with E-state index < -0.39 is 0 Å². The Hall–Kier alpha value is -1.31. The second kappa shape index (κ2) is 8.73. The summed E-state index contributed by atoms with van der Waals surface area (Å²) in [5.74, 6) is 5.97. The first-order chi connectivity index (χ1) is 8.76. The molecule has 0 saturated carbocycles. The molecule has 18 heavy (non-hydrogen) atoms. The second-order valence-electron chi connectivity index (χ2n) is 3.92. The van der Waals surface area contributed by atoms with E-state index in [-0.39, 0.29) is 12.5 Å². The number of amides is 1. The highest BCUT2D eigenvalue weighted by Crippen LogP contribution is 2.15. The van der Waals surface area contributed by atoms with E-state index in [1.165, 1.54) is 0 Å². The number of unbranched alkanes of at least 4 members (excludes halogenated alkanes) is 1. The highest BCUT2D eigenvalue weighted by molar-refractivity contribution is 7.12. The molecule has 98 valence electrons. The van der Waals surface area contributed by atoms with Crippen LogP contribution in [0.5, 0.6) is 0 Å². The molecule has 0 fully saturated rings. The Bertz CT molecular complexity index is 428. The monoisotopic (exact) mass is 265 g/mol. The summed E-state index contributed by atoms with van der Waals surface area (Å²) in [5, 5.41) is 11.5. The van der Waals surface area contributed by atoms with Crippen LogP contribution in [-0.4, -0.2) is 17.6 Å². The third kappa shape index (κ3) is 5.85. The maximum absolute atomic E-state index is 11.4. The second-order valence-corrected chi connectivity index (χ2v) is 5.09. The van der Waals surface area contributed by atoms with E-state index in [2.05, 4.69) is 24.1 Å². The van der Waals surface area contributed by atoms with Crippen molar-refractivity contribution in [2.24, 2.45) is 0 Å². The van der Waals surface area contributed by atoms with Gasteiger partial charge in [0.15, 0.2) is 0 Å². The van der Waals surface area contributed by atoms with Gasteiger partial charge >= 0.3 is 0 Å². The molecule has 0 radical (unpaired) electrons. The highest BCUT2D eigenvalue weighted by Gasteiger charge is 2.02. The van der Waals surface area contributed by atoms with E-state index in [0.29, 0.717) is 19.4 Å². The minimum absolute atomic E-state index is 0.0960. The molecule has 0 aliphatic rings. The van der Waals surface area contributed by atoms with Gasteiger partial charge in [-0.2, -0.15) is 0 Å². The number of thiophene rings is 1. The van der Waals surface area contributed by atoms with E-state index >= 15 is 0 Å². The Morgan fingerprint density at radius 2 is 2.33 bits per heavy atom. The van der Waals surface area contributed by atoms with Crippen molar-refractivity contribution in [3.05, 3.63) is 21.9 Å². The first-order valence-corrected chi connectivity index (χ1v) is 7.03. The molecular weight excluding hydrogens is 246 g/mol. The van der Waals surface area contributed by atoms with Crippen molar-refractivity contribution in [1.82, 2.24) is 5.32 Å². The van der Waals surface area contributed by atoms with Gasteiger partial charge in [-0.1, -0.05) is 25.2 Å². The molecule has 3 nitrogen and oxygen atoms in total. The number of aliphatic hydroxyl groups excluding tert-OH is 1. The molecule has 0 bridgehead atoms. The average Bonchev–Trinajstić information content (AvgIpc) is 2.82. The molecule has 0 aromatic carbocycles. The lowest BCUT2D eigenvalue weighted by Gasteiger charge is -2.01. The predicted octanol–water partition coefficient (Wildman–Crippen LogP) is 2.29. The van der Waals surface area contributed by atoms with Gasteiger partial charge in [0.2, 0.25) is 5.91 Å². The molecule has 1 amide bonds. The van der Waals surface area contributed by atoms with Crippen molar-refractivity contribution in [3.8, 4) is 11.8 Å². The predicted molar refractivity (Wildman–Crippen MR) is 74.3 cm³/mol. The molecule has 0 aliphatic carbocycles. The standard InChI is InChI=1S/C14H19NO2S/c1-2-3-7-14(17)15-11-13-9-8-12(18-13)6-4-5-10-16/h8-9,16H,2-3,5,7,10-11H2,1H3,(H,15,17). The van der Waals surface area contributed by atoms with E-state index in [9.17, 15) is 4.79 Å². The van der Waals surface area contributed by atoms with Gasteiger partial charge in [-0.25, -0.2) is 0 Å². The van der Waals surface area contributed by atoms with E-state index in [0.717, 1.165) is 22.6 Å². The van der Waals surface area contributed by atoms with Crippen LogP contribution in [0, 0.1) is 11.8 Å². The summed E-state index contributed by atoms with van der Waals surface area (Å²) >= 11 is 1.58. The van der Waals surface area contributed by atoms with Gasteiger partial charge in [0.05, 0.1) is 18.0 Å². The molecule has 0 unspecified atom stereocenters. The molecule has 0 atom stereocenters. The van der Waals surface area contributed by atoms with Crippen LogP contribution in [0.2, 0.25) is 0 Å². The Morgan fingerprint density at radius 1 is 1.50 bits per heavy atom. The molecule has 1 aromatic rings. The van der Waals surface area contributed by atoms with Crippen molar-refractivity contribution in [1.29, 1.82) is 0 Å². The zero-order valence-corrected chi connectivity index (χ0v) is 11.5. The fraction of sp³-hybridized carbons (Fsp3) is 0.500. The van der Waals surface area contributed by atoms with Crippen LogP contribution < -0.4 is 5.32 Å². The first kappa shape index (κ1) is 14.7. The van der Waals surface area contributed by atoms with Crippen molar-refractivity contribution < 1.29 is 9.90 Å². The number of aliphatic hydroxyl groups is 1. The molecule has 0 aliphatic heterocycles. The number of hydrogen-bond donors (Lipinski definition) is 2. The Morgan fingerprint density at radius 3 is 3.06 bits per heavy atom. The molecule has 2 N–H and O–H groups in total. The van der Waals surface area contributed by atoms with E-state index in [4.69, 9.17) is 5.11 Å². The molecule has 0 saturated heterocycles. The maximum Gasteiger partial charge on any atom is 0.220 e. The zero-order chi connectivity index (χ0) is 13.2. The van der Waals surface area contributed by atoms with E-state index in [1.54, 1.807) is 11.3 Å². The maximum atomic E-state index is 11.4. The quantitative estimate of drug-likeness (QED) is 0.775. The van der Waals surface area contributed by atoms with Crippen LogP contribution in [0.3, 0.4) is 0 Å². The normalized spacial score (nSPS) is 9.67. The summed E-state index contributed by atoms with van der Waals surface area (Å²) in [6, 6.07) is 3.93. The third-order valence-electron chi connectivity index (χ3n) is 2.33. The Labute approximate surface area is 112 Å². The van der Waals surface area contributed by atoms with E-state index in [1.807, 2.05) is 12.1 Å². The van der Waals surface area contributed by atoms with Crippen molar-refractivity contribution in [3.63, 3.8) is 0 Å². The Balaban J connectivity index is 2.36. The van der Waals surface area contributed by atoms with Gasteiger partial charge in [-0.15, -0.1) is 11.3 Å². The van der Waals surface area contributed by atoms with Crippen LogP contribution in [0.15, 0.2) is 12.1 Å². The first-order valence-electron chi connectivity index (χ1n) is 6.21. The number of nitrogens with one attached hydrogen (secondary N) is 1. The van der Waals surface area contributed by atoms with Gasteiger partial charge in [-0.05, 0) is 18.6 Å². The van der Waals surface area contributed by atoms with Gasteiger partial charge in [0, 0.05) is 17.7 Å². The Kier molecular flexibility index (Phi) is 7.16. The van der Waals surface area contributed by atoms with Crippen LogP contribution in [0.4, 0.5) is 0 Å². The highest BCUT2D eigenvalue weighted by atomic mass is 32.1. The lowest BCUT2D eigenvalue weighted by Crippen LogP contribution is -2.21. The van der Waals surface area contributed by atoms with Gasteiger partial charge < -0.3 is 10.4 Å². The van der Waals surface area contributed by atoms with Gasteiger partial charge in [-0.3, -0.25) is 4.79 Å². The molecule has 4 heteroatoms. The number of carbonyl (C=O) groups is 1. The molecule has 1 aromatic heterocycles. The van der Waals surface area contributed by atoms with Crippen molar-refractivity contribution in [2.75, 3.05) is 6.61 Å². The summed E-state index contributed by atoms with van der Waals surface area (Å²) in [5.41, 5.74) is 0. The minimum atomic E-state index is 0.0960. The summed E-state index contributed by atoms with van der Waals surface area (Å²) in [6.07, 6.45) is 3.08. The summed E-state index contributed by atoms with van der Waals surface area (Å²) in [7, 11) is 0. The number of rotatable bonds is 6. The summed E-state index contributed by atoms with van der Waals surface area (Å²) in [6.45, 7) is 2.75. The average molecular weight is 265 g/mol. The van der Waals surface area contributed by atoms with Crippen LogP contribution in [-0.2, 0) is 11.3 Å². The minimum Gasteiger partial charge on any atom is -0.395 e. The van der Waals surface area contributed by atoms with Crippen LogP contribution >= 0.6 is 11.3 Å². The summed E-state index contributed by atoms with van der Waals surface area (Å²) < 4.78 is 0. The fourth-order valence-corrected chi connectivity index (χ4v) is 2.18. The van der Waals surface area contributed by atoms with Gasteiger partial charge in [0.1, 0.15) is 0 Å². The topological polar surface area (TPSA) is 49.3 Å². The zero-order valence-electron chi connectivity index (χ0n) is 10.7. The van der Waals surface area contributed by atoms with Crippen LogP contribution in [0.25, 0.3) is 0 Å². The molecular formula is C14H19NO2S.